The number of amides is 3. The van der Waals surface area contributed by atoms with E-state index in [0.29, 0.717) is 17.2 Å². The Labute approximate surface area is 159 Å². The van der Waals surface area contributed by atoms with Crippen molar-refractivity contribution in [3.05, 3.63) is 61.3 Å². The average molecular weight is 373 g/mol. The molecular weight excluding hydrogens is 358 g/mol. The third-order valence-electron chi connectivity index (χ3n) is 4.67. The second-order valence-corrected chi connectivity index (χ2v) is 6.45. The Morgan fingerprint density at radius 1 is 1.00 bits per heavy atom. The van der Waals surface area contributed by atoms with Crippen LogP contribution in [0.5, 0.6) is 0 Å². The van der Waals surface area contributed by atoms with Crippen LogP contribution in [0, 0.1) is 0 Å². The predicted octanol–water partition coefficient (Wildman–Crippen LogP) is 1.98. The number of carbonyl (C=O) groups is 2. The fraction of sp³-hybridized carbons (Fsp3) is 0.105. The Kier molecular flexibility index (Phi) is 3.48. The van der Waals surface area contributed by atoms with E-state index in [4.69, 9.17) is 0 Å². The molecule has 0 atom stereocenters. The lowest BCUT2D eigenvalue weighted by atomic mass is 10.2. The van der Waals surface area contributed by atoms with Gasteiger partial charge in [0.1, 0.15) is 12.4 Å². The van der Waals surface area contributed by atoms with Gasteiger partial charge in [-0.1, -0.05) is 6.07 Å². The Morgan fingerprint density at radius 3 is 2.68 bits per heavy atom. The molecular formula is C19H15N7O2. The second kappa shape index (κ2) is 6.02. The van der Waals surface area contributed by atoms with E-state index < -0.39 is 0 Å². The van der Waals surface area contributed by atoms with Gasteiger partial charge in [-0.3, -0.25) is 9.36 Å². The third-order valence-corrected chi connectivity index (χ3v) is 4.67. The van der Waals surface area contributed by atoms with Crippen molar-refractivity contribution in [3.63, 3.8) is 0 Å². The first-order valence-electron chi connectivity index (χ1n) is 8.64. The van der Waals surface area contributed by atoms with E-state index in [1.165, 1.54) is 9.80 Å². The molecule has 1 aliphatic rings. The number of anilines is 1. The molecule has 0 aliphatic carbocycles. The molecule has 1 aromatic carbocycles. The summed E-state index contributed by atoms with van der Waals surface area (Å²) in [4.78, 5) is 36.0. The molecule has 0 bridgehead atoms. The number of likely N-dealkylation sites (N-methyl/N-ethyl adjacent to an activating group) is 1. The molecule has 0 spiro atoms. The molecule has 138 valence electrons. The van der Waals surface area contributed by atoms with Crippen LogP contribution in [0.4, 0.5) is 10.5 Å². The van der Waals surface area contributed by atoms with E-state index >= 15 is 0 Å². The lowest BCUT2D eigenvalue weighted by molar-refractivity contribution is -0.116. The second-order valence-electron chi connectivity index (χ2n) is 6.45. The van der Waals surface area contributed by atoms with E-state index in [2.05, 4.69) is 15.1 Å². The highest BCUT2D eigenvalue weighted by Gasteiger charge is 2.34. The molecule has 0 N–H and O–H groups in total. The lowest BCUT2D eigenvalue weighted by Crippen LogP contribution is -2.31. The molecule has 9 nitrogen and oxygen atoms in total. The highest BCUT2D eigenvalue weighted by atomic mass is 16.2. The zero-order valence-electron chi connectivity index (χ0n) is 14.9. The van der Waals surface area contributed by atoms with Crippen molar-refractivity contribution in [1.29, 1.82) is 0 Å². The van der Waals surface area contributed by atoms with Gasteiger partial charge >= 0.3 is 6.03 Å². The van der Waals surface area contributed by atoms with Crippen LogP contribution in [0.2, 0.25) is 0 Å². The van der Waals surface area contributed by atoms with Crippen LogP contribution in [-0.2, 0) is 4.79 Å². The summed E-state index contributed by atoms with van der Waals surface area (Å²) in [5.41, 5.74) is 2.77. The number of fused-ring (bicyclic) bond motifs is 1. The number of imidazole rings is 1. The fourth-order valence-electron chi connectivity index (χ4n) is 3.35. The van der Waals surface area contributed by atoms with Crippen molar-refractivity contribution in [2.45, 2.75) is 0 Å². The van der Waals surface area contributed by atoms with E-state index in [1.807, 2.05) is 29.1 Å². The number of imide groups is 1. The molecule has 3 aromatic heterocycles. The third kappa shape index (κ3) is 2.37. The van der Waals surface area contributed by atoms with Crippen molar-refractivity contribution in [1.82, 2.24) is 29.0 Å². The minimum atomic E-state index is -0.333. The summed E-state index contributed by atoms with van der Waals surface area (Å²) in [5.74, 6) is 0.421. The number of aromatic nitrogens is 5. The zero-order valence-corrected chi connectivity index (χ0v) is 14.9. The van der Waals surface area contributed by atoms with Gasteiger partial charge in [-0.15, -0.1) is 0 Å². The van der Waals surface area contributed by atoms with Gasteiger partial charge in [-0.25, -0.2) is 24.2 Å². The van der Waals surface area contributed by atoms with Crippen molar-refractivity contribution < 1.29 is 9.59 Å². The van der Waals surface area contributed by atoms with E-state index in [-0.39, 0.29) is 18.5 Å². The number of hydrogen-bond acceptors (Lipinski definition) is 5. The smallest absolute Gasteiger partial charge is 0.318 e. The van der Waals surface area contributed by atoms with Gasteiger partial charge in [0.25, 0.3) is 5.91 Å². The van der Waals surface area contributed by atoms with E-state index in [1.54, 1.807) is 48.4 Å². The molecule has 1 fully saturated rings. The molecule has 0 saturated carbocycles. The van der Waals surface area contributed by atoms with Crippen LogP contribution in [0.25, 0.3) is 22.7 Å². The summed E-state index contributed by atoms with van der Waals surface area (Å²) in [5, 5.41) is 4.32. The van der Waals surface area contributed by atoms with Crippen LogP contribution in [0.1, 0.15) is 0 Å². The van der Waals surface area contributed by atoms with Crippen molar-refractivity contribution in [2.75, 3.05) is 18.5 Å². The molecule has 1 saturated heterocycles. The zero-order chi connectivity index (χ0) is 19.3. The number of hydrogen-bond donors (Lipinski definition) is 0. The molecule has 0 radical (unpaired) electrons. The molecule has 4 heterocycles. The van der Waals surface area contributed by atoms with Crippen LogP contribution < -0.4 is 4.90 Å². The molecule has 1 aliphatic heterocycles. The monoisotopic (exact) mass is 373 g/mol. The highest BCUT2D eigenvalue weighted by molar-refractivity contribution is 6.19. The number of urea groups is 1. The standard InChI is InChI=1S/C19H15N7O2/c1-23-12-16(27)26(19(23)28)14-5-2-4-13(10-14)24-9-7-21-17(24)15-11-22-25-8-3-6-20-18(15)25/h2-11H,12H2,1H3. The van der Waals surface area contributed by atoms with Gasteiger partial charge in [-0.2, -0.15) is 5.10 Å². The molecule has 28 heavy (non-hydrogen) atoms. The van der Waals surface area contributed by atoms with Crippen LogP contribution in [0.3, 0.4) is 0 Å². The first-order chi connectivity index (χ1) is 13.6. The number of nitrogens with zero attached hydrogens (tertiary/aromatic N) is 7. The van der Waals surface area contributed by atoms with Gasteiger partial charge in [0.05, 0.1) is 17.4 Å². The van der Waals surface area contributed by atoms with Gasteiger partial charge < -0.3 is 4.90 Å². The minimum Gasteiger partial charge on any atom is -0.318 e. The Balaban J connectivity index is 1.60. The average Bonchev–Trinajstić information content (AvgIpc) is 3.40. The normalized spacial score (nSPS) is 14.5. The van der Waals surface area contributed by atoms with Crippen LogP contribution >= 0.6 is 0 Å². The molecule has 4 aromatic rings. The van der Waals surface area contributed by atoms with Crippen LogP contribution in [-0.4, -0.2) is 54.6 Å². The maximum atomic E-state index is 12.3. The van der Waals surface area contributed by atoms with Gasteiger partial charge in [-0.05, 0) is 24.3 Å². The Hall–Kier alpha value is -4.01. The molecule has 3 amide bonds. The van der Waals surface area contributed by atoms with Crippen molar-refractivity contribution >= 4 is 23.3 Å². The summed E-state index contributed by atoms with van der Waals surface area (Å²) in [6, 6.07) is 8.70. The van der Waals surface area contributed by atoms with E-state index in [9.17, 15) is 9.59 Å². The van der Waals surface area contributed by atoms with Crippen LogP contribution in [0.15, 0.2) is 61.3 Å². The van der Waals surface area contributed by atoms with Gasteiger partial charge in [0, 0.05) is 37.5 Å². The first-order valence-corrected chi connectivity index (χ1v) is 8.64. The molecule has 9 heteroatoms. The maximum absolute atomic E-state index is 12.3. The topological polar surface area (TPSA) is 88.6 Å². The van der Waals surface area contributed by atoms with Gasteiger partial charge in [0.15, 0.2) is 5.65 Å². The maximum Gasteiger partial charge on any atom is 0.331 e. The number of benzene rings is 1. The first kappa shape index (κ1) is 16.2. The Bertz CT molecular complexity index is 1230. The number of rotatable bonds is 3. The summed E-state index contributed by atoms with van der Waals surface area (Å²) in [6.45, 7) is 0.0768. The largest absolute Gasteiger partial charge is 0.331 e. The summed E-state index contributed by atoms with van der Waals surface area (Å²) in [6.07, 6.45) is 8.75. The minimum absolute atomic E-state index is 0.0768. The SMILES string of the molecule is CN1CC(=O)N(c2cccc(-n3ccnc3-c3cnn4cccnc34)c2)C1=O. The van der Waals surface area contributed by atoms with Gasteiger partial charge in [0.2, 0.25) is 0 Å². The number of carbonyl (C=O) groups excluding carboxylic acids is 2. The summed E-state index contributed by atoms with van der Waals surface area (Å²) >= 11 is 0. The lowest BCUT2D eigenvalue weighted by Gasteiger charge is -2.16. The predicted molar refractivity (Wildman–Crippen MR) is 101 cm³/mol. The quantitative estimate of drug-likeness (QED) is 0.513. The molecule has 5 rings (SSSR count). The molecule has 0 unspecified atom stereocenters. The highest BCUT2D eigenvalue weighted by Crippen LogP contribution is 2.28. The Morgan fingerprint density at radius 2 is 1.86 bits per heavy atom. The van der Waals surface area contributed by atoms with E-state index in [0.717, 1.165) is 11.3 Å². The summed E-state index contributed by atoms with van der Waals surface area (Å²) in [7, 11) is 1.61. The summed E-state index contributed by atoms with van der Waals surface area (Å²) < 4.78 is 3.56. The van der Waals surface area contributed by atoms with Crippen molar-refractivity contribution in [2.24, 2.45) is 0 Å². The fourth-order valence-corrected chi connectivity index (χ4v) is 3.35. The van der Waals surface area contributed by atoms with Crippen molar-refractivity contribution in [3.8, 4) is 17.1 Å².